The number of esters is 1. The fraction of sp³-hybridized carbons (Fsp3) is 0.778. The fourth-order valence-electron chi connectivity index (χ4n) is 4.05. The molecule has 0 spiro atoms. The van der Waals surface area contributed by atoms with Crippen molar-refractivity contribution in [3.05, 3.63) is 12.2 Å². The van der Waals surface area contributed by atoms with Gasteiger partial charge in [-0.25, -0.2) is 0 Å². The summed E-state index contributed by atoms with van der Waals surface area (Å²) in [6, 6.07) is 0. The highest BCUT2D eigenvalue weighted by molar-refractivity contribution is 5.89. The maximum Gasteiger partial charge on any atom is 0.302 e. The van der Waals surface area contributed by atoms with Crippen LogP contribution in [0.3, 0.4) is 0 Å². The summed E-state index contributed by atoms with van der Waals surface area (Å²) in [6.07, 6.45) is 12.4. The molecule has 4 unspecified atom stereocenters. The number of ketones is 1. The van der Waals surface area contributed by atoms with Gasteiger partial charge in [0.05, 0.1) is 0 Å². The molecule has 0 heterocycles. The Balaban J connectivity index is 1.81. The summed E-state index contributed by atoms with van der Waals surface area (Å²) in [5, 5.41) is 0. The molecule has 0 aromatic rings. The minimum atomic E-state index is -0.161. The topological polar surface area (TPSA) is 43.4 Å². The summed E-state index contributed by atoms with van der Waals surface area (Å²) in [4.78, 5) is 22.9. The molecular weight excluding hydrogens is 264 g/mol. The Hall–Kier alpha value is -1.12. The predicted molar refractivity (Wildman–Crippen MR) is 82.8 cm³/mol. The monoisotopic (exact) mass is 292 g/mol. The third kappa shape index (κ3) is 4.42. The smallest absolute Gasteiger partial charge is 0.302 e. The second-order valence-corrected chi connectivity index (χ2v) is 6.58. The van der Waals surface area contributed by atoms with Crippen LogP contribution in [-0.4, -0.2) is 17.9 Å². The first-order valence-corrected chi connectivity index (χ1v) is 8.50. The van der Waals surface area contributed by atoms with E-state index in [-0.39, 0.29) is 17.9 Å². The Morgan fingerprint density at radius 3 is 2.57 bits per heavy atom. The number of ether oxygens (including phenoxy) is 1. The molecule has 2 fully saturated rings. The van der Waals surface area contributed by atoms with Gasteiger partial charge >= 0.3 is 5.97 Å². The molecule has 3 nitrogen and oxygen atoms in total. The van der Waals surface area contributed by atoms with Gasteiger partial charge in [0.25, 0.3) is 0 Å². The quantitative estimate of drug-likeness (QED) is 0.404. The summed E-state index contributed by atoms with van der Waals surface area (Å²) in [5.74, 6) is 1.73. The molecule has 0 radical (unpaired) electrons. The van der Waals surface area contributed by atoms with Gasteiger partial charge in [0.15, 0.2) is 5.78 Å². The van der Waals surface area contributed by atoms with Crippen LogP contribution in [0.2, 0.25) is 0 Å². The standard InChI is InChI=1S/C18H28O3/c1-3-4-5-6-15(20)9-7-14-8-10-17-16(14)11-12-18(17)21-13(2)19/h7,9,14,16-18H,3-6,8,10-12H2,1-2H3/b9-7+. The van der Waals surface area contributed by atoms with Crippen LogP contribution in [0, 0.1) is 17.8 Å². The number of allylic oxidation sites excluding steroid dienone is 2. The molecule has 21 heavy (non-hydrogen) atoms. The zero-order chi connectivity index (χ0) is 15.2. The molecular formula is C18H28O3. The van der Waals surface area contributed by atoms with Gasteiger partial charge in [-0.05, 0) is 55.9 Å². The summed E-state index contributed by atoms with van der Waals surface area (Å²) in [6.45, 7) is 3.65. The Bertz CT molecular complexity index is 399. The Kier molecular flexibility index (Phi) is 6.01. The van der Waals surface area contributed by atoms with Gasteiger partial charge in [0.2, 0.25) is 0 Å². The predicted octanol–water partition coefficient (Wildman–Crippen LogP) is 4.06. The molecule has 2 rings (SSSR count). The molecule has 2 aliphatic rings. The Morgan fingerprint density at radius 2 is 1.86 bits per heavy atom. The second kappa shape index (κ2) is 7.77. The van der Waals surface area contributed by atoms with E-state index in [1.807, 2.05) is 6.08 Å². The lowest BCUT2D eigenvalue weighted by Crippen LogP contribution is -2.22. The number of rotatable bonds is 7. The molecule has 0 bridgehead atoms. The van der Waals surface area contributed by atoms with E-state index in [0.29, 0.717) is 24.2 Å². The molecule has 0 saturated heterocycles. The molecule has 0 N–H and O–H groups in total. The highest BCUT2D eigenvalue weighted by Gasteiger charge is 2.45. The summed E-state index contributed by atoms with van der Waals surface area (Å²) < 4.78 is 5.43. The van der Waals surface area contributed by atoms with Crippen LogP contribution < -0.4 is 0 Å². The minimum Gasteiger partial charge on any atom is -0.462 e. The molecule has 0 aliphatic heterocycles. The lowest BCUT2D eigenvalue weighted by Gasteiger charge is -2.19. The fourth-order valence-corrected chi connectivity index (χ4v) is 4.05. The van der Waals surface area contributed by atoms with Crippen LogP contribution in [0.25, 0.3) is 0 Å². The number of hydrogen-bond acceptors (Lipinski definition) is 3. The van der Waals surface area contributed by atoms with Crippen LogP contribution in [-0.2, 0) is 14.3 Å². The summed E-state index contributed by atoms with van der Waals surface area (Å²) in [5.41, 5.74) is 0. The van der Waals surface area contributed by atoms with Gasteiger partial charge in [-0.15, -0.1) is 0 Å². The van der Waals surface area contributed by atoms with Crippen LogP contribution in [0.4, 0.5) is 0 Å². The van der Waals surface area contributed by atoms with Crippen molar-refractivity contribution in [2.75, 3.05) is 0 Å². The summed E-state index contributed by atoms with van der Waals surface area (Å²) in [7, 11) is 0. The van der Waals surface area contributed by atoms with Gasteiger partial charge in [-0.2, -0.15) is 0 Å². The maximum atomic E-state index is 11.8. The van der Waals surface area contributed by atoms with Crippen LogP contribution in [0.5, 0.6) is 0 Å². The number of carbonyl (C=O) groups is 2. The Labute approximate surface area is 128 Å². The molecule has 0 aromatic heterocycles. The van der Waals surface area contributed by atoms with Crippen molar-refractivity contribution >= 4 is 11.8 Å². The average molecular weight is 292 g/mol. The van der Waals surface area contributed by atoms with Crippen molar-refractivity contribution in [2.24, 2.45) is 17.8 Å². The van der Waals surface area contributed by atoms with E-state index < -0.39 is 0 Å². The van der Waals surface area contributed by atoms with E-state index in [1.165, 1.54) is 6.92 Å². The first kappa shape index (κ1) is 16.3. The van der Waals surface area contributed by atoms with Crippen LogP contribution >= 0.6 is 0 Å². The second-order valence-electron chi connectivity index (χ2n) is 6.58. The number of fused-ring (bicyclic) bond motifs is 1. The molecule has 118 valence electrons. The highest BCUT2D eigenvalue weighted by atomic mass is 16.5. The summed E-state index contributed by atoms with van der Waals surface area (Å²) >= 11 is 0. The highest BCUT2D eigenvalue weighted by Crippen LogP contribution is 2.49. The zero-order valence-electron chi connectivity index (χ0n) is 13.3. The number of unbranched alkanes of at least 4 members (excludes halogenated alkanes) is 2. The van der Waals surface area contributed by atoms with Crippen molar-refractivity contribution in [3.8, 4) is 0 Å². The van der Waals surface area contributed by atoms with Crippen LogP contribution in [0.1, 0.15) is 65.2 Å². The molecule has 4 atom stereocenters. The van der Waals surface area contributed by atoms with Crippen molar-refractivity contribution in [1.29, 1.82) is 0 Å². The van der Waals surface area contributed by atoms with Gasteiger partial charge in [0.1, 0.15) is 6.10 Å². The van der Waals surface area contributed by atoms with Gasteiger partial charge < -0.3 is 4.74 Å². The Morgan fingerprint density at radius 1 is 1.10 bits per heavy atom. The third-order valence-corrected chi connectivity index (χ3v) is 5.07. The maximum absolute atomic E-state index is 11.8. The first-order chi connectivity index (χ1) is 10.1. The third-order valence-electron chi connectivity index (χ3n) is 5.07. The first-order valence-electron chi connectivity index (χ1n) is 8.50. The van der Waals surface area contributed by atoms with E-state index >= 15 is 0 Å². The van der Waals surface area contributed by atoms with Crippen LogP contribution in [0.15, 0.2) is 12.2 Å². The number of carbonyl (C=O) groups excluding carboxylic acids is 2. The van der Waals surface area contributed by atoms with Gasteiger partial charge in [-0.1, -0.05) is 25.8 Å². The van der Waals surface area contributed by atoms with E-state index in [0.717, 1.165) is 44.9 Å². The molecule has 0 aromatic carbocycles. The van der Waals surface area contributed by atoms with E-state index in [4.69, 9.17) is 4.74 Å². The molecule has 3 heteroatoms. The SMILES string of the molecule is CCCCCC(=O)/C=C/C1CCC2C(OC(C)=O)CCC12. The van der Waals surface area contributed by atoms with Crippen molar-refractivity contribution in [3.63, 3.8) is 0 Å². The normalized spacial score (nSPS) is 31.5. The zero-order valence-corrected chi connectivity index (χ0v) is 13.3. The lowest BCUT2D eigenvalue weighted by atomic mass is 9.91. The van der Waals surface area contributed by atoms with Gasteiger partial charge in [-0.3, -0.25) is 9.59 Å². The molecule has 2 saturated carbocycles. The average Bonchev–Trinajstić information content (AvgIpc) is 3.00. The number of hydrogen-bond donors (Lipinski definition) is 0. The largest absolute Gasteiger partial charge is 0.462 e. The van der Waals surface area contributed by atoms with Crippen molar-refractivity contribution in [1.82, 2.24) is 0 Å². The molecule has 0 amide bonds. The van der Waals surface area contributed by atoms with E-state index in [9.17, 15) is 9.59 Å². The van der Waals surface area contributed by atoms with E-state index in [1.54, 1.807) is 0 Å². The lowest BCUT2D eigenvalue weighted by molar-refractivity contribution is -0.148. The molecule has 2 aliphatic carbocycles. The van der Waals surface area contributed by atoms with Gasteiger partial charge in [0, 0.05) is 13.3 Å². The minimum absolute atomic E-state index is 0.117. The van der Waals surface area contributed by atoms with Crippen molar-refractivity contribution in [2.45, 2.75) is 71.3 Å². The van der Waals surface area contributed by atoms with E-state index in [2.05, 4.69) is 13.0 Å². The van der Waals surface area contributed by atoms with Crippen molar-refractivity contribution < 1.29 is 14.3 Å².